The zero-order chi connectivity index (χ0) is 13.8. The van der Waals surface area contributed by atoms with E-state index in [0.29, 0.717) is 0 Å². The van der Waals surface area contributed by atoms with Crippen LogP contribution in [-0.4, -0.2) is 26.7 Å². The first-order chi connectivity index (χ1) is 9.88. The summed E-state index contributed by atoms with van der Waals surface area (Å²) in [5, 5.41) is 7.92. The molecular weight excluding hydrogens is 250 g/mol. The summed E-state index contributed by atoms with van der Waals surface area (Å²) in [5.41, 5.74) is 2.06. The van der Waals surface area contributed by atoms with Crippen LogP contribution in [0.15, 0.2) is 42.9 Å². The summed E-state index contributed by atoms with van der Waals surface area (Å²) >= 11 is 0. The quantitative estimate of drug-likeness (QED) is 0.772. The van der Waals surface area contributed by atoms with Crippen LogP contribution >= 0.6 is 0 Å². The van der Waals surface area contributed by atoms with Crippen LogP contribution in [0.25, 0.3) is 11.0 Å². The van der Waals surface area contributed by atoms with E-state index < -0.39 is 0 Å². The van der Waals surface area contributed by atoms with Crippen molar-refractivity contribution in [2.75, 3.05) is 11.4 Å². The van der Waals surface area contributed by atoms with Crippen molar-refractivity contribution in [1.29, 1.82) is 0 Å². The lowest BCUT2D eigenvalue weighted by atomic mass is 10.2. The minimum Gasteiger partial charge on any atom is -0.352 e. The molecule has 102 valence electrons. The van der Waals surface area contributed by atoms with E-state index in [9.17, 15) is 0 Å². The summed E-state index contributed by atoms with van der Waals surface area (Å²) in [4.78, 5) is 10.9. The average molecular weight is 267 g/mol. The Morgan fingerprint density at radius 2 is 2.00 bits per heavy atom. The maximum Gasteiger partial charge on any atom is 0.160 e. The smallest absolute Gasteiger partial charge is 0.160 e. The zero-order valence-electron chi connectivity index (χ0n) is 11.5. The van der Waals surface area contributed by atoms with Crippen LogP contribution in [0.4, 0.5) is 5.82 Å². The fourth-order valence-electron chi connectivity index (χ4n) is 2.34. The summed E-state index contributed by atoms with van der Waals surface area (Å²) in [6.07, 6.45) is 4.44. The van der Waals surface area contributed by atoms with E-state index in [4.69, 9.17) is 0 Å². The highest BCUT2D eigenvalue weighted by molar-refractivity contribution is 5.86. The van der Waals surface area contributed by atoms with E-state index in [-0.39, 0.29) is 0 Å². The molecule has 0 atom stereocenters. The summed E-state index contributed by atoms with van der Waals surface area (Å²) < 4.78 is 0. The highest BCUT2D eigenvalue weighted by Crippen LogP contribution is 2.22. The molecule has 20 heavy (non-hydrogen) atoms. The monoisotopic (exact) mass is 267 g/mol. The second-order valence-electron chi connectivity index (χ2n) is 4.74. The van der Waals surface area contributed by atoms with Crippen molar-refractivity contribution in [1.82, 2.24) is 20.2 Å². The molecule has 2 heterocycles. The van der Waals surface area contributed by atoms with Gasteiger partial charge in [0, 0.05) is 13.1 Å². The third kappa shape index (κ3) is 2.47. The van der Waals surface area contributed by atoms with Crippen molar-refractivity contribution in [2.45, 2.75) is 19.9 Å². The fraction of sp³-hybridized carbons (Fsp3) is 0.267. The third-order valence-electron chi connectivity index (χ3n) is 3.24. The molecule has 2 aromatic heterocycles. The Kier molecular flexibility index (Phi) is 3.58. The molecule has 0 radical (unpaired) electrons. The van der Waals surface area contributed by atoms with Gasteiger partial charge in [0.2, 0.25) is 0 Å². The largest absolute Gasteiger partial charge is 0.352 e. The van der Waals surface area contributed by atoms with Gasteiger partial charge in [0.1, 0.15) is 12.1 Å². The molecule has 0 amide bonds. The molecule has 1 N–H and O–H groups in total. The van der Waals surface area contributed by atoms with Gasteiger partial charge in [-0.2, -0.15) is 5.10 Å². The molecule has 5 nitrogen and oxygen atoms in total. The van der Waals surface area contributed by atoms with E-state index in [1.165, 1.54) is 5.56 Å². The first kappa shape index (κ1) is 12.6. The molecule has 3 aromatic rings. The standard InChI is InChI=1S/C15H17N5/c1-2-8-20(10-12-6-4-3-5-7-12)15-13-9-18-19-14(13)16-11-17-15/h3-7,9,11H,2,8,10H2,1H3,(H,16,17,18,19). The first-order valence-electron chi connectivity index (χ1n) is 6.81. The summed E-state index contributed by atoms with van der Waals surface area (Å²) in [5.74, 6) is 0.939. The Labute approximate surface area is 117 Å². The number of hydrogen-bond donors (Lipinski definition) is 1. The van der Waals surface area contributed by atoms with Gasteiger partial charge in [-0.1, -0.05) is 37.3 Å². The first-order valence-corrected chi connectivity index (χ1v) is 6.81. The Bertz CT molecular complexity index is 677. The van der Waals surface area contributed by atoms with Crippen molar-refractivity contribution >= 4 is 16.9 Å². The normalized spacial score (nSPS) is 10.8. The topological polar surface area (TPSA) is 57.7 Å². The molecule has 0 aliphatic heterocycles. The van der Waals surface area contributed by atoms with Crippen LogP contribution in [0.2, 0.25) is 0 Å². The molecule has 0 saturated heterocycles. The van der Waals surface area contributed by atoms with Crippen LogP contribution in [0.5, 0.6) is 0 Å². The van der Waals surface area contributed by atoms with E-state index in [1.807, 2.05) is 6.07 Å². The number of nitrogens with zero attached hydrogens (tertiary/aromatic N) is 4. The Balaban J connectivity index is 1.96. The summed E-state index contributed by atoms with van der Waals surface area (Å²) in [6, 6.07) is 10.4. The van der Waals surface area contributed by atoms with Crippen molar-refractivity contribution in [2.24, 2.45) is 0 Å². The molecule has 0 bridgehead atoms. The SMILES string of the molecule is CCCN(Cc1ccccc1)c1ncnc2[nH]ncc12. The molecule has 0 aliphatic rings. The van der Waals surface area contributed by atoms with Gasteiger partial charge in [-0.25, -0.2) is 9.97 Å². The van der Waals surface area contributed by atoms with Crippen LogP contribution in [-0.2, 0) is 6.54 Å². The van der Waals surface area contributed by atoms with Crippen molar-refractivity contribution in [3.8, 4) is 0 Å². The molecule has 0 fully saturated rings. The van der Waals surface area contributed by atoms with Crippen LogP contribution in [0.1, 0.15) is 18.9 Å². The van der Waals surface area contributed by atoms with Crippen molar-refractivity contribution in [3.05, 3.63) is 48.4 Å². The van der Waals surface area contributed by atoms with Crippen molar-refractivity contribution in [3.63, 3.8) is 0 Å². The Morgan fingerprint density at radius 1 is 1.15 bits per heavy atom. The molecular formula is C15H17N5. The molecule has 0 saturated carbocycles. The highest BCUT2D eigenvalue weighted by atomic mass is 15.2. The van der Waals surface area contributed by atoms with Crippen LogP contribution < -0.4 is 4.90 Å². The molecule has 0 aliphatic carbocycles. The maximum atomic E-state index is 4.45. The van der Waals surface area contributed by atoms with Gasteiger partial charge in [0.15, 0.2) is 5.65 Å². The van der Waals surface area contributed by atoms with Gasteiger partial charge in [0.05, 0.1) is 11.6 Å². The number of nitrogens with one attached hydrogen (secondary N) is 1. The summed E-state index contributed by atoms with van der Waals surface area (Å²) in [6.45, 7) is 3.96. The van der Waals surface area contributed by atoms with Gasteiger partial charge in [0.25, 0.3) is 0 Å². The lowest BCUT2D eigenvalue weighted by Crippen LogP contribution is -2.24. The fourth-order valence-corrected chi connectivity index (χ4v) is 2.34. The number of aromatic nitrogens is 4. The Morgan fingerprint density at radius 3 is 2.80 bits per heavy atom. The Hall–Kier alpha value is -2.43. The second-order valence-corrected chi connectivity index (χ2v) is 4.74. The molecule has 5 heteroatoms. The second kappa shape index (κ2) is 5.69. The predicted octanol–water partition coefficient (Wildman–Crippen LogP) is 2.77. The number of fused-ring (bicyclic) bond motifs is 1. The summed E-state index contributed by atoms with van der Waals surface area (Å²) in [7, 11) is 0. The van der Waals surface area contributed by atoms with Gasteiger partial charge >= 0.3 is 0 Å². The zero-order valence-corrected chi connectivity index (χ0v) is 11.5. The number of benzene rings is 1. The number of anilines is 1. The number of H-pyrrole nitrogens is 1. The van der Waals surface area contributed by atoms with Gasteiger partial charge in [-0.15, -0.1) is 0 Å². The third-order valence-corrected chi connectivity index (χ3v) is 3.24. The number of aromatic amines is 1. The lowest BCUT2D eigenvalue weighted by molar-refractivity contribution is 0.757. The maximum absolute atomic E-state index is 4.45. The predicted molar refractivity (Wildman–Crippen MR) is 79.5 cm³/mol. The van der Waals surface area contributed by atoms with Gasteiger partial charge in [-0.05, 0) is 12.0 Å². The van der Waals surface area contributed by atoms with Crippen LogP contribution in [0.3, 0.4) is 0 Å². The minimum absolute atomic E-state index is 0.782. The van der Waals surface area contributed by atoms with Gasteiger partial charge < -0.3 is 4.90 Å². The number of hydrogen-bond acceptors (Lipinski definition) is 4. The highest BCUT2D eigenvalue weighted by Gasteiger charge is 2.13. The number of rotatable bonds is 5. The molecule has 3 rings (SSSR count). The lowest BCUT2D eigenvalue weighted by Gasteiger charge is -2.23. The van der Waals surface area contributed by atoms with Crippen molar-refractivity contribution < 1.29 is 0 Å². The van der Waals surface area contributed by atoms with Crippen LogP contribution in [0, 0.1) is 0 Å². The molecule has 0 spiro atoms. The van der Waals surface area contributed by atoms with Gasteiger partial charge in [-0.3, -0.25) is 5.10 Å². The molecule has 0 unspecified atom stereocenters. The molecule has 1 aromatic carbocycles. The van der Waals surface area contributed by atoms with E-state index in [2.05, 4.69) is 56.3 Å². The van der Waals surface area contributed by atoms with E-state index >= 15 is 0 Å². The van der Waals surface area contributed by atoms with E-state index in [1.54, 1.807) is 12.5 Å². The minimum atomic E-state index is 0.782. The average Bonchev–Trinajstić information content (AvgIpc) is 2.96. The van der Waals surface area contributed by atoms with E-state index in [0.717, 1.165) is 36.4 Å².